The molecule has 0 saturated carbocycles. The van der Waals surface area contributed by atoms with Crippen LogP contribution in [-0.4, -0.2) is 25.1 Å². The van der Waals surface area contributed by atoms with Crippen LogP contribution in [0.5, 0.6) is 5.75 Å². The second-order valence-electron chi connectivity index (χ2n) is 4.20. The minimum absolute atomic E-state index is 0.00525. The van der Waals surface area contributed by atoms with E-state index in [4.69, 9.17) is 27.9 Å². The van der Waals surface area contributed by atoms with Gasteiger partial charge in [-0.2, -0.15) is 20.1 Å². The van der Waals surface area contributed by atoms with Gasteiger partial charge >= 0.3 is 0 Å². The highest BCUT2D eigenvalue weighted by atomic mass is 35.5. The van der Waals surface area contributed by atoms with Crippen LogP contribution in [0.2, 0.25) is 10.6 Å². The number of halogens is 2. The van der Waals surface area contributed by atoms with Crippen molar-refractivity contribution in [1.29, 1.82) is 0 Å². The number of ether oxygens (including phenoxy) is 1. The molecule has 1 aromatic carbocycles. The summed E-state index contributed by atoms with van der Waals surface area (Å²) in [6, 6.07) is 11.3. The number of aromatic nitrogens is 5. The Bertz CT molecular complexity index is 744. The first-order valence-corrected chi connectivity index (χ1v) is 7.01. The number of anilines is 2. The standard InChI is InChI=1S/C13H10Cl2N6O/c14-11-17-12(15)19-13(18-11)16-10-6-8(20-21-10)7-22-9-4-2-1-3-5-9/h1-6H,7H2,(H2,16,17,18,19,20,21). The maximum Gasteiger partial charge on any atom is 0.234 e. The largest absolute Gasteiger partial charge is 0.487 e. The zero-order valence-corrected chi connectivity index (χ0v) is 12.6. The first-order valence-electron chi connectivity index (χ1n) is 6.25. The van der Waals surface area contributed by atoms with E-state index in [1.54, 1.807) is 6.07 Å². The van der Waals surface area contributed by atoms with Crippen molar-refractivity contribution in [2.24, 2.45) is 0 Å². The highest BCUT2D eigenvalue weighted by molar-refractivity contribution is 6.31. The molecule has 22 heavy (non-hydrogen) atoms. The molecule has 9 heteroatoms. The molecule has 0 amide bonds. The summed E-state index contributed by atoms with van der Waals surface area (Å²) in [6.45, 7) is 0.359. The van der Waals surface area contributed by atoms with E-state index in [9.17, 15) is 0 Å². The number of nitrogens with one attached hydrogen (secondary N) is 2. The number of hydrogen-bond acceptors (Lipinski definition) is 6. The number of hydrogen-bond donors (Lipinski definition) is 2. The SMILES string of the molecule is Clc1nc(Cl)nc(Nc2cc(COc3ccccc3)[nH]n2)n1. The Morgan fingerprint density at radius 1 is 1.05 bits per heavy atom. The van der Waals surface area contributed by atoms with E-state index in [0.717, 1.165) is 11.4 Å². The molecule has 3 rings (SSSR count). The van der Waals surface area contributed by atoms with Crippen LogP contribution < -0.4 is 10.1 Å². The smallest absolute Gasteiger partial charge is 0.234 e. The summed E-state index contributed by atoms with van der Waals surface area (Å²) in [5, 5.41) is 9.82. The van der Waals surface area contributed by atoms with Crippen LogP contribution in [0.4, 0.5) is 11.8 Å². The van der Waals surface area contributed by atoms with Crippen LogP contribution in [0.1, 0.15) is 5.69 Å². The molecule has 2 aromatic heterocycles. The van der Waals surface area contributed by atoms with Gasteiger partial charge in [-0.15, -0.1) is 0 Å². The average Bonchev–Trinajstić information content (AvgIpc) is 2.93. The second-order valence-corrected chi connectivity index (χ2v) is 4.88. The van der Waals surface area contributed by atoms with Crippen molar-refractivity contribution in [3.8, 4) is 5.75 Å². The van der Waals surface area contributed by atoms with Crippen LogP contribution in [0.25, 0.3) is 0 Å². The molecular weight excluding hydrogens is 327 g/mol. The maximum absolute atomic E-state index is 5.70. The molecule has 0 fully saturated rings. The Labute approximate surface area is 135 Å². The van der Waals surface area contributed by atoms with E-state index in [1.807, 2.05) is 30.3 Å². The Balaban J connectivity index is 1.63. The highest BCUT2D eigenvalue weighted by Gasteiger charge is 2.07. The van der Waals surface area contributed by atoms with Gasteiger partial charge in [0.25, 0.3) is 0 Å². The Kier molecular flexibility index (Phi) is 4.36. The fraction of sp³-hybridized carbons (Fsp3) is 0.0769. The summed E-state index contributed by atoms with van der Waals surface area (Å²) < 4.78 is 5.61. The van der Waals surface area contributed by atoms with E-state index >= 15 is 0 Å². The Hall–Kier alpha value is -2.38. The van der Waals surface area contributed by atoms with Gasteiger partial charge in [0.15, 0.2) is 5.82 Å². The van der Waals surface area contributed by atoms with E-state index in [-0.39, 0.29) is 16.5 Å². The van der Waals surface area contributed by atoms with E-state index in [0.29, 0.717) is 12.4 Å². The predicted octanol–water partition coefficient (Wildman–Crippen LogP) is 3.22. The normalized spacial score (nSPS) is 10.5. The summed E-state index contributed by atoms with van der Waals surface area (Å²) >= 11 is 11.4. The fourth-order valence-corrected chi connectivity index (χ4v) is 2.04. The van der Waals surface area contributed by atoms with Crippen LogP contribution >= 0.6 is 23.2 Å². The number of benzene rings is 1. The van der Waals surface area contributed by atoms with Crippen LogP contribution in [0.3, 0.4) is 0 Å². The molecule has 0 aliphatic rings. The van der Waals surface area contributed by atoms with E-state index < -0.39 is 0 Å². The molecule has 0 spiro atoms. The van der Waals surface area contributed by atoms with Gasteiger partial charge in [-0.1, -0.05) is 18.2 Å². The summed E-state index contributed by atoms with van der Waals surface area (Å²) in [5.74, 6) is 1.51. The topological polar surface area (TPSA) is 88.6 Å². The van der Waals surface area contributed by atoms with Gasteiger partial charge in [0.05, 0.1) is 5.69 Å². The fourth-order valence-electron chi connectivity index (χ4n) is 1.67. The lowest BCUT2D eigenvalue weighted by Crippen LogP contribution is -1.99. The van der Waals surface area contributed by atoms with E-state index in [2.05, 4.69) is 30.5 Å². The van der Waals surface area contributed by atoms with Crippen molar-refractivity contribution in [3.63, 3.8) is 0 Å². The lowest BCUT2D eigenvalue weighted by atomic mass is 10.3. The number of nitrogens with zero attached hydrogens (tertiary/aromatic N) is 4. The van der Waals surface area contributed by atoms with Gasteiger partial charge in [0, 0.05) is 6.07 Å². The summed E-state index contributed by atoms with van der Waals surface area (Å²) in [7, 11) is 0. The third-order valence-corrected chi connectivity index (χ3v) is 2.93. The lowest BCUT2D eigenvalue weighted by Gasteiger charge is -2.03. The Morgan fingerprint density at radius 2 is 1.77 bits per heavy atom. The summed E-state index contributed by atoms with van der Waals surface area (Å²) in [5.41, 5.74) is 0.789. The molecule has 0 bridgehead atoms. The molecule has 0 aliphatic heterocycles. The number of H-pyrrole nitrogens is 1. The van der Waals surface area contributed by atoms with Gasteiger partial charge in [0.2, 0.25) is 16.5 Å². The Morgan fingerprint density at radius 3 is 2.50 bits per heavy atom. The van der Waals surface area contributed by atoms with Crippen LogP contribution in [0, 0.1) is 0 Å². The van der Waals surface area contributed by atoms with Gasteiger partial charge in [-0.05, 0) is 35.3 Å². The predicted molar refractivity (Wildman–Crippen MR) is 82.5 cm³/mol. The molecule has 3 aromatic rings. The number of rotatable bonds is 5. The third kappa shape index (κ3) is 3.84. The lowest BCUT2D eigenvalue weighted by molar-refractivity contribution is 0.301. The minimum atomic E-state index is 0.00525. The average molecular weight is 337 g/mol. The summed E-state index contributed by atoms with van der Waals surface area (Å²) in [4.78, 5) is 11.5. The van der Waals surface area contributed by atoms with E-state index in [1.165, 1.54) is 0 Å². The molecule has 2 heterocycles. The first kappa shape index (κ1) is 14.6. The van der Waals surface area contributed by atoms with Gasteiger partial charge in [0.1, 0.15) is 12.4 Å². The molecule has 0 radical (unpaired) electrons. The molecule has 0 aliphatic carbocycles. The number of aromatic amines is 1. The highest BCUT2D eigenvalue weighted by Crippen LogP contribution is 2.16. The zero-order chi connectivity index (χ0) is 15.4. The third-order valence-electron chi connectivity index (χ3n) is 2.59. The van der Waals surface area contributed by atoms with Gasteiger partial charge in [-0.25, -0.2) is 0 Å². The zero-order valence-electron chi connectivity index (χ0n) is 11.1. The van der Waals surface area contributed by atoms with Crippen molar-refractivity contribution >= 4 is 35.0 Å². The minimum Gasteiger partial charge on any atom is -0.487 e. The monoisotopic (exact) mass is 336 g/mol. The molecule has 0 unspecified atom stereocenters. The quantitative estimate of drug-likeness (QED) is 0.743. The van der Waals surface area contributed by atoms with Crippen molar-refractivity contribution < 1.29 is 4.74 Å². The van der Waals surface area contributed by atoms with Gasteiger partial charge in [-0.3, -0.25) is 5.10 Å². The first-order chi connectivity index (χ1) is 10.7. The van der Waals surface area contributed by atoms with Crippen LogP contribution in [0.15, 0.2) is 36.4 Å². The van der Waals surface area contributed by atoms with Crippen molar-refractivity contribution in [1.82, 2.24) is 25.1 Å². The molecule has 7 nitrogen and oxygen atoms in total. The van der Waals surface area contributed by atoms with Crippen LogP contribution in [-0.2, 0) is 6.61 Å². The molecule has 0 atom stereocenters. The van der Waals surface area contributed by atoms with Gasteiger partial charge < -0.3 is 10.1 Å². The molecule has 2 N–H and O–H groups in total. The molecular formula is C13H10Cl2N6O. The van der Waals surface area contributed by atoms with Crippen molar-refractivity contribution in [3.05, 3.63) is 52.7 Å². The second kappa shape index (κ2) is 6.59. The van der Waals surface area contributed by atoms with Crippen molar-refractivity contribution in [2.45, 2.75) is 6.61 Å². The summed E-state index contributed by atoms with van der Waals surface area (Å²) in [6.07, 6.45) is 0. The number of para-hydroxylation sites is 1. The molecule has 0 saturated heterocycles. The molecule has 112 valence electrons. The maximum atomic E-state index is 5.70. The van der Waals surface area contributed by atoms with Crippen molar-refractivity contribution in [2.75, 3.05) is 5.32 Å².